The minimum Gasteiger partial charge on any atom is -0.195 e. The maximum Gasteiger partial charge on any atom is 0.288 e. The molecular weight excluding hydrogens is 421 g/mol. The van der Waals surface area contributed by atoms with Crippen LogP contribution < -0.4 is 0 Å². The lowest BCUT2D eigenvalue weighted by molar-refractivity contribution is 0.611. The molecule has 0 unspecified atom stereocenters. The van der Waals surface area contributed by atoms with Crippen LogP contribution in [-0.4, -0.2) is 15.0 Å². The summed E-state index contributed by atoms with van der Waals surface area (Å²) in [6.07, 6.45) is 0. The fourth-order valence-electron chi connectivity index (χ4n) is 0.905. The second-order valence-electron chi connectivity index (χ2n) is 2.66. The SMILES string of the molecule is ClC(Cl)(Cl)c1nnn(C(Cl)(Cl)Cl)c1C(Cl)(Cl)Cl. The van der Waals surface area contributed by atoms with Crippen molar-refractivity contribution in [2.45, 2.75) is 11.5 Å². The summed E-state index contributed by atoms with van der Waals surface area (Å²) in [5.74, 6) is 0. The number of aromatic nitrogens is 3. The third kappa shape index (κ3) is 4.11. The molecule has 0 fully saturated rings. The van der Waals surface area contributed by atoms with E-state index in [1.165, 1.54) is 0 Å². The molecule has 1 aromatic heterocycles. The molecule has 0 radical (unpaired) electrons. The third-order valence-corrected chi connectivity index (χ3v) is 3.00. The topological polar surface area (TPSA) is 30.7 Å². The van der Waals surface area contributed by atoms with Crippen LogP contribution in [-0.2, 0) is 11.5 Å². The van der Waals surface area contributed by atoms with Crippen molar-refractivity contribution < 1.29 is 0 Å². The lowest BCUT2D eigenvalue weighted by Crippen LogP contribution is -2.23. The summed E-state index contributed by atoms with van der Waals surface area (Å²) in [6.45, 7) is 0. The minimum atomic E-state index is -2.04. The highest BCUT2D eigenvalue weighted by Gasteiger charge is 2.44. The molecule has 0 aliphatic heterocycles. The van der Waals surface area contributed by atoms with Gasteiger partial charge in [0, 0.05) is 0 Å². The Morgan fingerprint density at radius 1 is 0.765 bits per heavy atom. The first-order chi connectivity index (χ1) is 7.35. The van der Waals surface area contributed by atoms with E-state index in [0.29, 0.717) is 0 Å². The van der Waals surface area contributed by atoms with E-state index in [4.69, 9.17) is 104 Å². The normalized spacial score (nSPS) is 14.2. The Labute approximate surface area is 141 Å². The number of halogens is 9. The molecule has 1 heterocycles. The molecule has 0 saturated heterocycles. The van der Waals surface area contributed by atoms with Crippen molar-refractivity contribution in [3.8, 4) is 0 Å². The van der Waals surface area contributed by atoms with E-state index in [9.17, 15) is 0 Å². The smallest absolute Gasteiger partial charge is 0.195 e. The van der Waals surface area contributed by atoms with E-state index in [1.807, 2.05) is 0 Å². The molecule has 0 atom stereocenters. The molecule has 1 rings (SSSR count). The van der Waals surface area contributed by atoms with Crippen LogP contribution in [0.5, 0.6) is 0 Å². The summed E-state index contributed by atoms with van der Waals surface area (Å²) in [7, 11) is 0. The second kappa shape index (κ2) is 5.27. The zero-order valence-corrected chi connectivity index (χ0v) is 14.0. The van der Waals surface area contributed by atoms with E-state index < -0.39 is 11.5 Å². The Hall–Kier alpha value is 1.75. The molecule has 3 nitrogen and oxygen atoms in total. The number of hydrogen-bond donors (Lipinski definition) is 0. The lowest BCUT2D eigenvalue weighted by Gasteiger charge is -2.20. The summed E-state index contributed by atoms with van der Waals surface area (Å²) in [6, 6.07) is 0. The van der Waals surface area contributed by atoms with Gasteiger partial charge in [0.2, 0.25) is 7.59 Å². The number of alkyl halides is 9. The van der Waals surface area contributed by atoms with Crippen LogP contribution in [0.15, 0.2) is 0 Å². The minimum absolute atomic E-state index is 0.242. The highest BCUT2D eigenvalue weighted by Crippen LogP contribution is 2.49. The Balaban J connectivity index is 3.53. The van der Waals surface area contributed by atoms with Gasteiger partial charge in [0.05, 0.1) is 0 Å². The van der Waals surface area contributed by atoms with E-state index >= 15 is 0 Å². The molecule has 0 aliphatic carbocycles. The van der Waals surface area contributed by atoms with Crippen molar-refractivity contribution in [1.29, 1.82) is 0 Å². The van der Waals surface area contributed by atoms with Gasteiger partial charge in [-0.1, -0.05) is 110 Å². The van der Waals surface area contributed by atoms with E-state index in [2.05, 4.69) is 10.3 Å². The maximum atomic E-state index is 5.70. The van der Waals surface area contributed by atoms with Gasteiger partial charge in [-0.2, -0.15) is 4.68 Å². The van der Waals surface area contributed by atoms with Crippen LogP contribution >= 0.6 is 104 Å². The summed E-state index contributed by atoms with van der Waals surface area (Å²) in [5, 5.41) is 7.02. The van der Waals surface area contributed by atoms with E-state index in [0.717, 1.165) is 4.68 Å². The summed E-state index contributed by atoms with van der Waals surface area (Å²) in [5.41, 5.74) is -0.490. The van der Waals surface area contributed by atoms with Crippen molar-refractivity contribution in [1.82, 2.24) is 15.0 Å². The highest BCUT2D eigenvalue weighted by molar-refractivity contribution is 6.69. The van der Waals surface area contributed by atoms with Crippen LogP contribution in [0.3, 0.4) is 0 Å². The first-order valence-corrected chi connectivity index (χ1v) is 6.92. The number of rotatable bonds is 0. The standard InChI is InChI=1S/C5Cl9N3/c6-3(7,8)1-2(4(9,10)11)17(16-15-1)5(12,13)14. The Morgan fingerprint density at radius 3 is 1.53 bits per heavy atom. The highest BCUT2D eigenvalue weighted by atomic mass is 35.6. The van der Waals surface area contributed by atoms with Gasteiger partial charge in [0.15, 0.2) is 0 Å². The van der Waals surface area contributed by atoms with Crippen molar-refractivity contribution in [2.24, 2.45) is 0 Å². The zero-order valence-electron chi connectivity index (χ0n) is 7.24. The largest absolute Gasteiger partial charge is 0.288 e. The molecule has 17 heavy (non-hydrogen) atoms. The lowest BCUT2D eigenvalue weighted by atomic mass is 10.3. The van der Waals surface area contributed by atoms with Gasteiger partial charge in [-0.3, -0.25) is 0 Å². The predicted molar refractivity (Wildman–Crippen MR) is 74.0 cm³/mol. The molecule has 0 aromatic carbocycles. The van der Waals surface area contributed by atoms with E-state index in [1.54, 1.807) is 0 Å². The molecule has 0 spiro atoms. The summed E-state index contributed by atoms with van der Waals surface area (Å²) < 4.78 is -5.33. The first kappa shape index (κ1) is 16.8. The average Bonchev–Trinajstić information content (AvgIpc) is 2.42. The first-order valence-electron chi connectivity index (χ1n) is 3.52. The van der Waals surface area contributed by atoms with Gasteiger partial charge in [0.1, 0.15) is 11.4 Å². The molecule has 1 aromatic rings. The summed E-state index contributed by atoms with van der Waals surface area (Å²) in [4.78, 5) is 0. The van der Waals surface area contributed by atoms with Crippen LogP contribution in [0, 0.1) is 0 Å². The average molecular weight is 421 g/mol. The van der Waals surface area contributed by atoms with Crippen molar-refractivity contribution in [3.05, 3.63) is 11.4 Å². The molecule has 0 amide bonds. The van der Waals surface area contributed by atoms with E-state index in [-0.39, 0.29) is 11.4 Å². The molecular formula is C5Cl9N3. The van der Waals surface area contributed by atoms with Gasteiger partial charge in [-0.25, -0.2) is 0 Å². The number of nitrogens with zero attached hydrogens (tertiary/aromatic N) is 3. The maximum absolute atomic E-state index is 5.70. The van der Waals surface area contributed by atoms with Crippen molar-refractivity contribution in [2.75, 3.05) is 0 Å². The van der Waals surface area contributed by atoms with Gasteiger partial charge in [-0.05, 0) is 0 Å². The van der Waals surface area contributed by atoms with Crippen LogP contribution in [0.2, 0.25) is 0 Å². The van der Waals surface area contributed by atoms with Crippen molar-refractivity contribution in [3.63, 3.8) is 0 Å². The molecule has 0 aliphatic rings. The summed E-state index contributed by atoms with van der Waals surface area (Å²) >= 11 is 50.9. The fourth-order valence-corrected chi connectivity index (χ4v) is 2.15. The van der Waals surface area contributed by atoms with Gasteiger partial charge < -0.3 is 0 Å². The Bertz CT molecular complexity index is 376. The number of hydrogen-bond acceptors (Lipinski definition) is 2. The Morgan fingerprint density at radius 2 is 1.24 bits per heavy atom. The van der Waals surface area contributed by atoms with Crippen LogP contribution in [0.25, 0.3) is 0 Å². The Kier molecular flexibility index (Phi) is 5.21. The second-order valence-corrected chi connectivity index (χ2v) is 9.45. The zero-order chi connectivity index (χ0) is 13.6. The van der Waals surface area contributed by atoms with Crippen LogP contribution in [0.1, 0.15) is 11.4 Å². The van der Waals surface area contributed by atoms with Gasteiger partial charge in [-0.15, -0.1) is 5.10 Å². The quantitative estimate of drug-likeness (QED) is 0.539. The predicted octanol–water partition coefficient (Wildman–Crippen LogP) is 5.22. The van der Waals surface area contributed by atoms with Crippen molar-refractivity contribution >= 4 is 104 Å². The molecule has 12 heteroatoms. The monoisotopic (exact) mass is 417 g/mol. The molecule has 0 N–H and O–H groups in total. The van der Waals surface area contributed by atoms with Crippen LogP contribution in [0.4, 0.5) is 0 Å². The third-order valence-electron chi connectivity index (χ3n) is 1.45. The van der Waals surface area contributed by atoms with Gasteiger partial charge in [0.25, 0.3) is 3.92 Å². The van der Waals surface area contributed by atoms with Gasteiger partial charge >= 0.3 is 0 Å². The molecule has 0 saturated carbocycles. The molecule has 0 bridgehead atoms. The fraction of sp³-hybridized carbons (Fsp3) is 0.600. The molecule has 98 valence electrons.